The highest BCUT2D eigenvalue weighted by atomic mass is 16.3. The van der Waals surface area contributed by atoms with Crippen molar-refractivity contribution in [2.24, 2.45) is 34.2 Å². The molecule has 0 fully saturated rings. The highest BCUT2D eigenvalue weighted by molar-refractivity contribution is 6.15. The average Bonchev–Trinajstić information content (AvgIpc) is 3.26. The summed E-state index contributed by atoms with van der Waals surface area (Å²) in [5.74, 6) is -8.50. The molecule has 0 saturated heterocycles. The Morgan fingerprint density at radius 1 is 0.642 bits per heavy atom. The SMILES string of the molecule is CCC[C@H](NC(=O)[C@@H](NC(=O)[C@H](NC(=O)[C@@H](NC(=O)C(NC(C)=O)C(=O)c1ccc(C)nc1)C(C)C)[C@@H](C)CC)[C@@H](C)O)C(=O)N[C@H](C(=O)N[C@@H](CCCN=C(N)N)C(=O)NCC)[C@@H](C)CC. The highest BCUT2D eigenvalue weighted by Crippen LogP contribution is 2.14. The molecule has 8 amide bonds. The molecule has 67 heavy (non-hydrogen) atoms. The molecular weight excluding hydrogens is 869 g/mol. The number of guanidine groups is 1. The minimum atomic E-state index is -1.71. The van der Waals surface area contributed by atoms with Crippen LogP contribution in [0.1, 0.15) is 124 Å². The molecule has 1 aromatic heterocycles. The first-order chi connectivity index (χ1) is 31.4. The number of pyridine rings is 1. The van der Waals surface area contributed by atoms with Crippen LogP contribution < -0.4 is 54.0 Å². The van der Waals surface area contributed by atoms with Crippen LogP contribution in [0.25, 0.3) is 0 Å². The number of hydrogen-bond donors (Lipinski definition) is 11. The Labute approximate surface area is 393 Å². The molecule has 0 saturated carbocycles. The van der Waals surface area contributed by atoms with E-state index in [9.17, 15) is 48.3 Å². The number of aliphatic hydroxyl groups excluding tert-OH is 1. The van der Waals surface area contributed by atoms with Gasteiger partial charge in [0.2, 0.25) is 41.4 Å². The molecule has 10 atom stereocenters. The van der Waals surface area contributed by atoms with E-state index in [4.69, 9.17) is 11.5 Å². The molecule has 1 unspecified atom stereocenters. The summed E-state index contributed by atoms with van der Waals surface area (Å²) < 4.78 is 0. The Balaban J connectivity index is 3.33. The quantitative estimate of drug-likeness (QED) is 0.0153. The molecule has 0 aliphatic heterocycles. The van der Waals surface area contributed by atoms with Gasteiger partial charge < -0.3 is 59.1 Å². The second-order valence-electron chi connectivity index (χ2n) is 17.1. The lowest BCUT2D eigenvalue weighted by Gasteiger charge is -2.31. The summed E-state index contributed by atoms with van der Waals surface area (Å²) in [6.07, 6.45) is 1.64. The van der Waals surface area contributed by atoms with E-state index in [0.717, 1.165) is 6.92 Å². The maximum absolute atomic E-state index is 14.0. The normalized spacial score (nSPS) is 15.5. The standard InChI is InChI=1S/C45H76N12O10/c1-12-17-30(39(62)55-33(24(7)13-2)41(64)53-31(38(61)48-15-4)18-16-21-49-45(46)47)52-43(66)35(27(10)58)57-42(65)34(25(8)14-3)56-40(63)32(23(5)6)54-44(67)36(51-28(11)59)37(60)29-20-19-26(9)50-22-29/h19-20,22-25,27,30-36,58H,12-18,21H2,1-11H3,(H,48,61)(H,51,59)(H,52,66)(H,53,64)(H,54,67)(H,55,62)(H,56,63)(H,57,65)(H4,46,47,49)/t24-,25-,27+,30-,31-,32-,33-,34+,35-,36?/m0/s1. The molecule has 0 aromatic carbocycles. The number of amides is 8. The number of rotatable bonds is 29. The summed E-state index contributed by atoms with van der Waals surface area (Å²) in [4.78, 5) is 129. The molecule has 0 radical (unpaired) electrons. The van der Waals surface area contributed by atoms with Gasteiger partial charge in [-0.25, -0.2) is 0 Å². The second-order valence-corrected chi connectivity index (χ2v) is 17.1. The van der Waals surface area contributed by atoms with E-state index in [2.05, 4.69) is 52.5 Å². The minimum absolute atomic E-state index is 0.0478. The molecule has 376 valence electrons. The fraction of sp³-hybridized carbons (Fsp3) is 0.667. The minimum Gasteiger partial charge on any atom is -0.391 e. The third-order valence-electron chi connectivity index (χ3n) is 11.1. The lowest BCUT2D eigenvalue weighted by atomic mass is 9.95. The van der Waals surface area contributed by atoms with Crippen molar-refractivity contribution in [3.63, 3.8) is 0 Å². The van der Waals surface area contributed by atoms with Crippen molar-refractivity contribution < 1.29 is 48.3 Å². The van der Waals surface area contributed by atoms with Crippen molar-refractivity contribution in [2.75, 3.05) is 13.1 Å². The topological polar surface area (TPSA) is 347 Å². The highest BCUT2D eigenvalue weighted by Gasteiger charge is 2.38. The van der Waals surface area contributed by atoms with Crippen LogP contribution in [-0.4, -0.2) is 131 Å². The molecule has 1 aromatic rings. The lowest BCUT2D eigenvalue weighted by molar-refractivity contribution is -0.138. The molecule has 22 nitrogen and oxygen atoms in total. The van der Waals surface area contributed by atoms with Gasteiger partial charge in [0.05, 0.1) is 6.10 Å². The number of Topliss-reactive ketones (excluding diaryl/α,β-unsaturated/α-hetero) is 1. The van der Waals surface area contributed by atoms with Gasteiger partial charge in [0.1, 0.15) is 36.3 Å². The summed E-state index contributed by atoms with van der Waals surface area (Å²) >= 11 is 0. The maximum atomic E-state index is 14.0. The molecule has 13 N–H and O–H groups in total. The van der Waals surface area contributed by atoms with Crippen LogP contribution >= 0.6 is 0 Å². The Morgan fingerprint density at radius 3 is 1.60 bits per heavy atom. The number of nitrogens with zero attached hydrogens (tertiary/aromatic N) is 2. The van der Waals surface area contributed by atoms with Crippen molar-refractivity contribution >= 4 is 59.0 Å². The number of aliphatic imine (C=N–C) groups is 1. The van der Waals surface area contributed by atoms with Gasteiger partial charge in [0.25, 0.3) is 5.91 Å². The van der Waals surface area contributed by atoms with Crippen LogP contribution in [-0.2, 0) is 38.4 Å². The van der Waals surface area contributed by atoms with Crippen LogP contribution in [0.3, 0.4) is 0 Å². The Hall–Kier alpha value is -6.19. The number of aryl methyl sites for hydroxylation is 1. The summed E-state index contributed by atoms with van der Waals surface area (Å²) in [7, 11) is 0. The van der Waals surface area contributed by atoms with Gasteiger partial charge in [-0.1, -0.05) is 67.7 Å². The molecule has 22 heteroatoms. The summed E-state index contributed by atoms with van der Waals surface area (Å²) in [6, 6.07) is -6.27. The molecule has 1 rings (SSSR count). The van der Waals surface area contributed by atoms with E-state index < -0.39 is 119 Å². The van der Waals surface area contributed by atoms with E-state index >= 15 is 0 Å². The van der Waals surface area contributed by atoms with Crippen molar-refractivity contribution in [1.29, 1.82) is 0 Å². The van der Waals surface area contributed by atoms with Crippen molar-refractivity contribution in [3.8, 4) is 0 Å². The molecular formula is C45H76N12O10. The van der Waals surface area contributed by atoms with Crippen LogP contribution in [0.5, 0.6) is 0 Å². The van der Waals surface area contributed by atoms with Crippen LogP contribution in [0.15, 0.2) is 23.3 Å². The number of aliphatic hydroxyl groups is 1. The number of likely N-dealkylation sites (N-methyl/N-ethyl adjacent to an activating group) is 1. The van der Waals surface area contributed by atoms with Crippen molar-refractivity contribution in [2.45, 2.75) is 163 Å². The van der Waals surface area contributed by atoms with Gasteiger partial charge in [0.15, 0.2) is 17.8 Å². The van der Waals surface area contributed by atoms with Gasteiger partial charge >= 0.3 is 0 Å². The van der Waals surface area contributed by atoms with Gasteiger partial charge in [-0.3, -0.25) is 53.1 Å². The molecule has 1 heterocycles. The first-order valence-electron chi connectivity index (χ1n) is 23.0. The molecule has 0 aliphatic carbocycles. The monoisotopic (exact) mass is 945 g/mol. The van der Waals surface area contributed by atoms with Crippen LogP contribution in [0, 0.1) is 24.7 Å². The Bertz CT molecular complexity index is 1870. The zero-order valence-corrected chi connectivity index (χ0v) is 40.9. The van der Waals surface area contributed by atoms with E-state index in [1.807, 2.05) is 6.92 Å². The number of aromatic nitrogens is 1. The van der Waals surface area contributed by atoms with Crippen molar-refractivity contribution in [1.82, 2.24) is 47.5 Å². The lowest BCUT2D eigenvalue weighted by Crippen LogP contribution is -2.63. The van der Waals surface area contributed by atoms with Crippen LogP contribution in [0.4, 0.5) is 0 Å². The van der Waals surface area contributed by atoms with Crippen molar-refractivity contribution in [3.05, 3.63) is 29.6 Å². The number of nitrogens with two attached hydrogens (primary N) is 2. The zero-order valence-electron chi connectivity index (χ0n) is 40.9. The fourth-order valence-corrected chi connectivity index (χ4v) is 6.70. The second kappa shape index (κ2) is 29.4. The predicted octanol–water partition coefficient (Wildman–Crippen LogP) is -0.895. The number of carbonyl (C=O) groups is 9. The number of hydrogen-bond acceptors (Lipinski definition) is 12. The Morgan fingerprint density at radius 2 is 1.13 bits per heavy atom. The van der Waals surface area contributed by atoms with E-state index in [1.165, 1.54) is 19.2 Å². The molecule has 0 bridgehead atoms. The molecule has 0 aliphatic rings. The number of ketones is 1. The van der Waals surface area contributed by atoms with Gasteiger partial charge in [-0.2, -0.15) is 0 Å². The van der Waals surface area contributed by atoms with E-state index in [-0.39, 0.29) is 30.9 Å². The van der Waals surface area contributed by atoms with E-state index in [0.29, 0.717) is 37.9 Å². The number of nitrogens with one attached hydrogen (secondary N) is 8. The first kappa shape index (κ1) is 58.8. The third kappa shape index (κ3) is 19.7. The number of carbonyl (C=O) groups excluding carboxylic acids is 9. The average molecular weight is 945 g/mol. The molecule has 0 spiro atoms. The van der Waals surface area contributed by atoms with Gasteiger partial charge in [0, 0.05) is 37.5 Å². The smallest absolute Gasteiger partial charge is 0.251 e. The predicted molar refractivity (Wildman–Crippen MR) is 251 cm³/mol. The third-order valence-corrected chi connectivity index (χ3v) is 11.1. The van der Waals surface area contributed by atoms with Crippen LogP contribution in [0.2, 0.25) is 0 Å². The summed E-state index contributed by atoms with van der Waals surface area (Å²) in [5.41, 5.74) is 11.5. The fourth-order valence-electron chi connectivity index (χ4n) is 6.70. The largest absolute Gasteiger partial charge is 0.391 e. The van der Waals surface area contributed by atoms with E-state index in [1.54, 1.807) is 61.5 Å². The first-order valence-corrected chi connectivity index (χ1v) is 23.0. The van der Waals surface area contributed by atoms with Gasteiger partial charge in [-0.05, 0) is 69.9 Å². The van der Waals surface area contributed by atoms with Gasteiger partial charge in [-0.15, -0.1) is 0 Å². The summed E-state index contributed by atoms with van der Waals surface area (Å²) in [5, 5.41) is 31.6. The summed E-state index contributed by atoms with van der Waals surface area (Å²) in [6.45, 7) is 18.4. The zero-order chi connectivity index (χ0) is 51.1. The Kier molecular flexibility index (Phi) is 25.9. The maximum Gasteiger partial charge on any atom is 0.251 e.